The van der Waals surface area contributed by atoms with E-state index in [0.717, 1.165) is 44.9 Å². The number of aromatic nitrogens is 3. The Hall–Kier alpha value is -4.11. The molecule has 0 saturated heterocycles. The summed E-state index contributed by atoms with van der Waals surface area (Å²) in [6.45, 7) is 1.30. The van der Waals surface area contributed by atoms with Gasteiger partial charge in [0.05, 0.1) is 30.1 Å². The summed E-state index contributed by atoms with van der Waals surface area (Å²) in [5, 5.41) is 7.12. The highest BCUT2D eigenvalue weighted by atomic mass is 19.4. The van der Waals surface area contributed by atoms with Gasteiger partial charge in [0.2, 0.25) is 0 Å². The van der Waals surface area contributed by atoms with Crippen LogP contribution in [0.2, 0.25) is 0 Å². The summed E-state index contributed by atoms with van der Waals surface area (Å²) in [7, 11) is 1.30. The van der Waals surface area contributed by atoms with Gasteiger partial charge in [-0.25, -0.2) is 0 Å². The summed E-state index contributed by atoms with van der Waals surface area (Å²) in [4.78, 5) is 12.5. The van der Waals surface area contributed by atoms with Gasteiger partial charge in [0.25, 0.3) is 0 Å². The van der Waals surface area contributed by atoms with Crippen LogP contribution in [0, 0.1) is 0 Å². The number of ether oxygens (including phenoxy) is 2. The van der Waals surface area contributed by atoms with Crippen LogP contribution in [0.15, 0.2) is 60.7 Å². The van der Waals surface area contributed by atoms with Gasteiger partial charge in [-0.2, -0.15) is 18.3 Å². The molecule has 1 aliphatic rings. The minimum atomic E-state index is -4.62. The number of hydrogen-bond donors (Lipinski definition) is 0. The molecule has 3 heterocycles. The Bertz CT molecular complexity index is 1730. The zero-order valence-electron chi connectivity index (χ0n) is 22.7. The first-order valence-electron chi connectivity index (χ1n) is 13.8. The van der Waals surface area contributed by atoms with E-state index in [-0.39, 0.29) is 17.9 Å². The molecule has 41 heavy (non-hydrogen) atoms. The smallest absolute Gasteiger partial charge is 0.433 e. The first-order chi connectivity index (χ1) is 19.9. The van der Waals surface area contributed by atoms with E-state index in [0.29, 0.717) is 55.8 Å². The number of fused-ring (bicyclic) bond motifs is 3. The molecule has 0 unspecified atom stereocenters. The number of halogens is 3. The van der Waals surface area contributed by atoms with E-state index in [9.17, 15) is 18.0 Å². The van der Waals surface area contributed by atoms with E-state index in [4.69, 9.17) is 9.47 Å². The number of hydrogen-bond acceptors (Lipinski definition) is 4. The van der Waals surface area contributed by atoms with Gasteiger partial charge in [-0.05, 0) is 42.7 Å². The molecule has 0 aliphatic carbocycles. The maximum Gasteiger partial charge on any atom is 0.433 e. The molecule has 0 spiro atoms. The zero-order valence-corrected chi connectivity index (χ0v) is 22.7. The van der Waals surface area contributed by atoms with Gasteiger partial charge in [-0.1, -0.05) is 54.6 Å². The average Bonchev–Trinajstić information content (AvgIpc) is 3.45. The first-order valence-corrected chi connectivity index (χ1v) is 13.8. The number of nitrogens with zero attached hydrogens (tertiary/aromatic N) is 3. The Kier molecular flexibility index (Phi) is 7.30. The second-order valence-corrected chi connectivity index (χ2v) is 10.3. The summed E-state index contributed by atoms with van der Waals surface area (Å²) < 4.78 is 57.7. The third-order valence-electron chi connectivity index (χ3n) is 7.74. The molecule has 0 N–H and O–H groups in total. The number of alkyl halides is 3. The van der Waals surface area contributed by atoms with Crippen LogP contribution in [-0.4, -0.2) is 33.8 Å². The lowest BCUT2D eigenvalue weighted by molar-refractivity contribution is -0.143. The van der Waals surface area contributed by atoms with Gasteiger partial charge in [0, 0.05) is 42.1 Å². The van der Waals surface area contributed by atoms with E-state index in [1.165, 1.54) is 7.05 Å². The highest BCUT2D eigenvalue weighted by molar-refractivity contribution is 6.02. The summed E-state index contributed by atoms with van der Waals surface area (Å²) in [6.07, 6.45) is -1.18. The van der Waals surface area contributed by atoms with Crippen molar-refractivity contribution in [1.29, 1.82) is 0 Å². The zero-order chi connectivity index (χ0) is 28.6. The highest BCUT2D eigenvalue weighted by Gasteiger charge is 2.40. The van der Waals surface area contributed by atoms with E-state index >= 15 is 0 Å². The van der Waals surface area contributed by atoms with Crippen LogP contribution in [0.3, 0.4) is 0 Å². The van der Waals surface area contributed by atoms with E-state index in [1.807, 2.05) is 53.1 Å². The lowest BCUT2D eigenvalue weighted by atomic mass is 9.98. The molecular weight excluding hydrogens is 531 g/mol. The van der Waals surface area contributed by atoms with Crippen molar-refractivity contribution in [3.8, 4) is 16.9 Å². The quantitative estimate of drug-likeness (QED) is 0.161. The van der Waals surface area contributed by atoms with Gasteiger partial charge < -0.3 is 14.0 Å². The number of carbonyl (C=O) groups excluding carboxylic acids is 1. The predicted molar refractivity (Wildman–Crippen MR) is 151 cm³/mol. The van der Waals surface area contributed by atoms with Crippen molar-refractivity contribution in [1.82, 2.24) is 14.3 Å². The Morgan fingerprint density at radius 3 is 2.63 bits per heavy atom. The normalized spacial score (nSPS) is 14.1. The van der Waals surface area contributed by atoms with Crippen molar-refractivity contribution in [2.24, 2.45) is 7.05 Å². The summed E-state index contributed by atoms with van der Waals surface area (Å²) >= 11 is 0. The van der Waals surface area contributed by atoms with Crippen molar-refractivity contribution in [3.63, 3.8) is 0 Å². The minimum Gasteiger partial charge on any atom is -0.493 e. The van der Waals surface area contributed by atoms with Gasteiger partial charge in [0.1, 0.15) is 5.75 Å². The molecule has 9 heteroatoms. The fourth-order valence-corrected chi connectivity index (χ4v) is 6.01. The van der Waals surface area contributed by atoms with Crippen LogP contribution in [0.5, 0.6) is 5.75 Å². The molecule has 0 saturated carbocycles. The number of para-hydroxylation sites is 1. The molecule has 0 radical (unpaired) electrons. The molecule has 0 amide bonds. The largest absolute Gasteiger partial charge is 0.493 e. The van der Waals surface area contributed by atoms with Crippen molar-refractivity contribution in [2.45, 2.75) is 45.0 Å². The Morgan fingerprint density at radius 2 is 1.80 bits per heavy atom. The van der Waals surface area contributed by atoms with Gasteiger partial charge >= 0.3 is 6.18 Å². The van der Waals surface area contributed by atoms with E-state index < -0.39 is 11.9 Å². The molecular formula is C32H30F3N3O3. The Balaban J connectivity index is 1.41. The molecule has 212 valence electrons. The molecule has 0 bridgehead atoms. The SMILES string of the molecule is Cn1nc2c(c1C(F)(F)F)-c1cccc3c(CCCOc4cccc5ccccc45)c(C=O)n(c13)CCCCOC2. The molecule has 0 atom stereocenters. The summed E-state index contributed by atoms with van der Waals surface area (Å²) in [5.41, 5.74) is 1.77. The van der Waals surface area contributed by atoms with Crippen molar-refractivity contribution >= 4 is 28.0 Å². The topological polar surface area (TPSA) is 58.3 Å². The van der Waals surface area contributed by atoms with Crippen molar-refractivity contribution in [3.05, 3.63) is 83.3 Å². The summed E-state index contributed by atoms with van der Waals surface area (Å²) in [6, 6.07) is 19.3. The third-order valence-corrected chi connectivity index (χ3v) is 7.74. The third kappa shape index (κ3) is 4.99. The maximum atomic E-state index is 14.3. The number of aldehydes is 1. The number of aryl methyl sites for hydroxylation is 3. The molecule has 1 aliphatic heterocycles. The van der Waals surface area contributed by atoms with E-state index in [2.05, 4.69) is 5.10 Å². The van der Waals surface area contributed by atoms with E-state index in [1.54, 1.807) is 12.1 Å². The van der Waals surface area contributed by atoms with Crippen LogP contribution in [0.25, 0.3) is 32.8 Å². The van der Waals surface area contributed by atoms with Crippen molar-refractivity contribution in [2.75, 3.05) is 13.2 Å². The van der Waals surface area contributed by atoms with Gasteiger partial charge in [-0.15, -0.1) is 0 Å². The molecule has 0 fully saturated rings. The van der Waals surface area contributed by atoms with Crippen molar-refractivity contribution < 1.29 is 27.4 Å². The molecule has 6 nitrogen and oxygen atoms in total. The number of rotatable bonds is 6. The van der Waals surface area contributed by atoms with Crippen LogP contribution >= 0.6 is 0 Å². The lowest BCUT2D eigenvalue weighted by Crippen LogP contribution is -2.13. The Morgan fingerprint density at radius 1 is 1.02 bits per heavy atom. The van der Waals surface area contributed by atoms with Crippen LogP contribution in [-0.2, 0) is 37.5 Å². The second-order valence-electron chi connectivity index (χ2n) is 10.3. The maximum absolute atomic E-state index is 14.3. The fourth-order valence-electron chi connectivity index (χ4n) is 6.01. The molecule has 3 aromatic carbocycles. The molecule has 2 aromatic heterocycles. The number of carbonyl (C=O) groups is 1. The molecule has 6 rings (SSSR count). The fraction of sp³-hybridized carbons (Fsp3) is 0.312. The van der Waals surface area contributed by atoms with Crippen LogP contribution in [0.1, 0.15) is 46.7 Å². The molecule has 5 aromatic rings. The van der Waals surface area contributed by atoms with Crippen LogP contribution in [0.4, 0.5) is 13.2 Å². The average molecular weight is 562 g/mol. The van der Waals surface area contributed by atoms with Gasteiger partial charge in [-0.3, -0.25) is 9.48 Å². The summed E-state index contributed by atoms with van der Waals surface area (Å²) in [5.74, 6) is 0.795. The standard InChI is InChI=1S/C32H30F3N3O3/c1-37-31(32(33,34)35)29-25-13-7-12-24-23(14-8-18-41-28-15-6-10-21-9-2-3-11-22(21)28)27(19-39)38(30(24)25)16-4-5-17-40-20-26(29)36-37/h2-3,6-7,9-13,15,19H,4-5,8,14,16-18,20H2,1H3. The van der Waals surface area contributed by atoms with Gasteiger partial charge in [0.15, 0.2) is 12.0 Å². The minimum absolute atomic E-state index is 0.00883. The highest BCUT2D eigenvalue weighted by Crippen LogP contribution is 2.43. The monoisotopic (exact) mass is 561 g/mol. The first kappa shape index (κ1) is 27.1. The Labute approximate surface area is 235 Å². The second kappa shape index (κ2) is 11.0. The number of benzene rings is 3. The lowest BCUT2D eigenvalue weighted by Gasteiger charge is -2.14. The predicted octanol–water partition coefficient (Wildman–Crippen LogP) is 7.35. The van der Waals surface area contributed by atoms with Crippen LogP contribution < -0.4 is 4.74 Å².